The largest absolute Gasteiger partial charge is 0.507 e. The second kappa shape index (κ2) is 11.3. The Morgan fingerprint density at radius 2 is 1.79 bits per heavy atom. The summed E-state index contributed by atoms with van der Waals surface area (Å²) in [5.74, 6) is -0.720. The van der Waals surface area contributed by atoms with Crippen LogP contribution < -0.4 is 4.74 Å². The van der Waals surface area contributed by atoms with Gasteiger partial charge in [0.2, 0.25) is 0 Å². The highest BCUT2D eigenvalue weighted by molar-refractivity contribution is 6.46. The number of nitrogens with zero attached hydrogens (tertiary/aromatic N) is 3. The molecule has 8 heteroatoms. The van der Waals surface area contributed by atoms with E-state index in [1.165, 1.54) is 0 Å². The van der Waals surface area contributed by atoms with Crippen LogP contribution in [0.15, 0.2) is 54.4 Å². The Morgan fingerprint density at radius 1 is 1.09 bits per heavy atom. The van der Waals surface area contributed by atoms with E-state index in [4.69, 9.17) is 9.47 Å². The van der Waals surface area contributed by atoms with Crippen LogP contribution in [0.1, 0.15) is 36.9 Å². The van der Waals surface area contributed by atoms with E-state index < -0.39 is 17.7 Å². The average molecular weight is 466 g/mol. The maximum atomic E-state index is 13.1. The molecule has 2 saturated heterocycles. The zero-order valence-corrected chi connectivity index (χ0v) is 19.5. The minimum absolute atomic E-state index is 0.102. The van der Waals surface area contributed by atoms with Crippen LogP contribution in [-0.2, 0) is 14.3 Å². The molecule has 8 nitrogen and oxygen atoms in total. The number of aliphatic hydroxyl groups is 1. The third kappa shape index (κ3) is 5.29. The summed E-state index contributed by atoms with van der Waals surface area (Å²) in [4.78, 5) is 34.1. The van der Waals surface area contributed by atoms with Crippen LogP contribution in [0.4, 0.5) is 0 Å². The average Bonchev–Trinajstić information content (AvgIpc) is 3.13. The van der Waals surface area contributed by atoms with Crippen molar-refractivity contribution < 1.29 is 24.2 Å². The monoisotopic (exact) mass is 465 g/mol. The molecule has 0 aliphatic carbocycles. The molecule has 4 rings (SSSR count). The van der Waals surface area contributed by atoms with E-state index in [-0.39, 0.29) is 11.3 Å². The van der Waals surface area contributed by atoms with E-state index in [2.05, 4.69) is 9.88 Å². The Hall–Kier alpha value is -3.23. The van der Waals surface area contributed by atoms with Crippen LogP contribution in [0.5, 0.6) is 5.75 Å². The van der Waals surface area contributed by atoms with E-state index in [1.54, 1.807) is 29.4 Å². The van der Waals surface area contributed by atoms with Crippen LogP contribution in [-0.4, -0.2) is 77.6 Å². The third-order valence-corrected chi connectivity index (χ3v) is 6.14. The zero-order valence-electron chi connectivity index (χ0n) is 19.5. The SMILES string of the molecule is CCCOc1ccc(C2C(=C(O)c3ccncc3)C(=O)C(=O)N2CCCN2CCOCC2)cc1. The number of pyridine rings is 1. The second-order valence-corrected chi connectivity index (χ2v) is 8.45. The van der Waals surface area contributed by atoms with Crippen molar-refractivity contribution >= 4 is 17.4 Å². The molecule has 1 aromatic heterocycles. The van der Waals surface area contributed by atoms with Gasteiger partial charge in [0, 0.05) is 44.1 Å². The Balaban J connectivity index is 1.63. The number of ether oxygens (including phenoxy) is 2. The zero-order chi connectivity index (χ0) is 23.9. The van der Waals surface area contributed by atoms with Crippen LogP contribution in [0.3, 0.4) is 0 Å². The van der Waals surface area contributed by atoms with E-state index in [1.807, 2.05) is 31.2 Å². The van der Waals surface area contributed by atoms with Gasteiger partial charge in [-0.2, -0.15) is 0 Å². The lowest BCUT2D eigenvalue weighted by Crippen LogP contribution is -2.38. The van der Waals surface area contributed by atoms with Crippen molar-refractivity contribution in [2.24, 2.45) is 0 Å². The van der Waals surface area contributed by atoms with Gasteiger partial charge >= 0.3 is 0 Å². The molecule has 2 aliphatic heterocycles. The lowest BCUT2D eigenvalue weighted by atomic mass is 9.95. The lowest BCUT2D eigenvalue weighted by molar-refractivity contribution is -0.140. The second-order valence-electron chi connectivity index (χ2n) is 8.45. The van der Waals surface area contributed by atoms with Crippen molar-refractivity contribution in [3.05, 3.63) is 65.5 Å². The molecule has 1 unspecified atom stereocenters. The highest BCUT2D eigenvalue weighted by Gasteiger charge is 2.45. The quantitative estimate of drug-likeness (QED) is 0.346. The molecule has 1 N–H and O–H groups in total. The number of likely N-dealkylation sites (tertiary alicyclic amines) is 1. The van der Waals surface area contributed by atoms with Gasteiger partial charge in [-0.25, -0.2) is 0 Å². The molecule has 0 radical (unpaired) electrons. The summed E-state index contributed by atoms with van der Waals surface area (Å²) in [5, 5.41) is 11.1. The van der Waals surface area contributed by atoms with Crippen LogP contribution >= 0.6 is 0 Å². The van der Waals surface area contributed by atoms with Crippen molar-refractivity contribution in [3.63, 3.8) is 0 Å². The number of amides is 1. The number of hydrogen-bond acceptors (Lipinski definition) is 7. The van der Waals surface area contributed by atoms with Crippen LogP contribution in [0.2, 0.25) is 0 Å². The van der Waals surface area contributed by atoms with Crippen LogP contribution in [0.25, 0.3) is 5.76 Å². The first-order valence-electron chi connectivity index (χ1n) is 11.8. The lowest BCUT2D eigenvalue weighted by Gasteiger charge is -2.29. The fraction of sp³-hybridized carbons (Fsp3) is 0.423. The summed E-state index contributed by atoms with van der Waals surface area (Å²) in [6, 6.07) is 9.97. The summed E-state index contributed by atoms with van der Waals surface area (Å²) in [5.41, 5.74) is 1.31. The number of morpholine rings is 1. The number of hydrogen-bond donors (Lipinski definition) is 1. The third-order valence-electron chi connectivity index (χ3n) is 6.14. The van der Waals surface area contributed by atoms with Crippen molar-refractivity contribution in [2.45, 2.75) is 25.8 Å². The molecular formula is C26H31N3O5. The van der Waals surface area contributed by atoms with Gasteiger partial charge in [0.1, 0.15) is 11.5 Å². The fourth-order valence-electron chi connectivity index (χ4n) is 4.38. The predicted octanol–water partition coefficient (Wildman–Crippen LogP) is 3.01. The van der Waals surface area contributed by atoms with Gasteiger partial charge in [0.25, 0.3) is 11.7 Å². The predicted molar refractivity (Wildman–Crippen MR) is 127 cm³/mol. The van der Waals surface area contributed by atoms with Crippen molar-refractivity contribution in [1.82, 2.24) is 14.8 Å². The molecule has 2 aliphatic rings. The Kier molecular flexibility index (Phi) is 7.92. The van der Waals surface area contributed by atoms with Gasteiger partial charge in [-0.05, 0) is 42.7 Å². The van der Waals surface area contributed by atoms with E-state index in [0.29, 0.717) is 31.9 Å². The van der Waals surface area contributed by atoms with Crippen molar-refractivity contribution in [1.29, 1.82) is 0 Å². The Morgan fingerprint density at radius 3 is 2.47 bits per heavy atom. The number of benzene rings is 1. The standard InChI is InChI=1S/C26H31N3O5/c1-2-16-34-21-6-4-19(5-7-21)23-22(24(30)20-8-10-27-11-9-20)25(31)26(32)29(23)13-3-12-28-14-17-33-18-15-28/h4-11,23,30H,2-3,12-18H2,1H3. The van der Waals surface area contributed by atoms with Gasteiger partial charge in [-0.3, -0.25) is 19.5 Å². The Bertz CT molecular complexity index is 1020. The summed E-state index contributed by atoms with van der Waals surface area (Å²) >= 11 is 0. The van der Waals surface area contributed by atoms with E-state index in [0.717, 1.165) is 43.8 Å². The van der Waals surface area contributed by atoms with Gasteiger partial charge in [0.15, 0.2) is 0 Å². The molecule has 0 bridgehead atoms. The number of aliphatic hydroxyl groups excluding tert-OH is 1. The number of ketones is 1. The smallest absolute Gasteiger partial charge is 0.295 e. The van der Waals surface area contributed by atoms with Gasteiger partial charge in [0.05, 0.1) is 31.4 Å². The fourth-order valence-corrected chi connectivity index (χ4v) is 4.38. The molecule has 1 amide bonds. The normalized spacial score (nSPS) is 20.6. The number of aromatic nitrogens is 1. The van der Waals surface area contributed by atoms with Gasteiger partial charge in [-0.1, -0.05) is 19.1 Å². The molecule has 0 saturated carbocycles. The van der Waals surface area contributed by atoms with E-state index >= 15 is 0 Å². The van der Waals surface area contributed by atoms with Gasteiger partial charge < -0.3 is 19.5 Å². The summed E-state index contributed by atoms with van der Waals surface area (Å²) in [6.45, 7) is 7.03. The minimum atomic E-state index is -0.669. The molecule has 1 atom stereocenters. The van der Waals surface area contributed by atoms with Crippen molar-refractivity contribution in [3.8, 4) is 5.75 Å². The summed E-state index contributed by atoms with van der Waals surface area (Å²) in [7, 11) is 0. The first kappa shape index (κ1) is 23.9. The van der Waals surface area contributed by atoms with Crippen molar-refractivity contribution in [2.75, 3.05) is 46.0 Å². The topological polar surface area (TPSA) is 92.2 Å². The molecular weight excluding hydrogens is 434 g/mol. The summed E-state index contributed by atoms with van der Waals surface area (Å²) < 4.78 is 11.1. The highest BCUT2D eigenvalue weighted by Crippen LogP contribution is 2.39. The van der Waals surface area contributed by atoms with Crippen LogP contribution in [0, 0.1) is 0 Å². The molecule has 180 valence electrons. The molecule has 3 heterocycles. The number of Topliss-reactive ketones (excluding diaryl/α,β-unsaturated/α-hetero) is 1. The maximum absolute atomic E-state index is 13.1. The van der Waals surface area contributed by atoms with Gasteiger partial charge in [-0.15, -0.1) is 0 Å². The first-order valence-corrected chi connectivity index (χ1v) is 11.8. The Labute approximate surface area is 199 Å². The highest BCUT2D eigenvalue weighted by atomic mass is 16.5. The van der Waals surface area contributed by atoms with E-state index in [9.17, 15) is 14.7 Å². The molecule has 2 aromatic rings. The molecule has 0 spiro atoms. The molecule has 2 fully saturated rings. The molecule has 34 heavy (non-hydrogen) atoms. The minimum Gasteiger partial charge on any atom is -0.507 e. The number of carbonyl (C=O) groups is 2. The summed E-state index contributed by atoms with van der Waals surface area (Å²) in [6.07, 6.45) is 4.71. The maximum Gasteiger partial charge on any atom is 0.295 e. The first-order chi connectivity index (χ1) is 16.6. The number of carbonyl (C=O) groups excluding carboxylic acids is 2. The molecule has 1 aromatic carbocycles. The number of rotatable bonds is 9.